The lowest BCUT2D eigenvalue weighted by molar-refractivity contribution is 0.388. The minimum Gasteiger partial charge on any atom is -0.495 e. The van der Waals surface area contributed by atoms with Gasteiger partial charge < -0.3 is 9.15 Å². The molecule has 1 atom stereocenters. The predicted octanol–water partition coefficient (Wildman–Crippen LogP) is 1.89. The van der Waals surface area contributed by atoms with Gasteiger partial charge in [-0.05, 0) is 35.9 Å². The van der Waals surface area contributed by atoms with Gasteiger partial charge in [-0.2, -0.15) is 0 Å². The Hall–Kier alpha value is -1.56. The van der Waals surface area contributed by atoms with Crippen molar-refractivity contribution in [3.8, 4) is 5.75 Å². The van der Waals surface area contributed by atoms with Crippen LogP contribution in [-0.2, 0) is 0 Å². The smallest absolute Gasteiger partial charge is 0.193 e. The monoisotopic (exact) mass is 253 g/mol. The van der Waals surface area contributed by atoms with Crippen LogP contribution in [0, 0.1) is 0 Å². The summed E-state index contributed by atoms with van der Waals surface area (Å²) in [5.74, 6) is 6.73. The second-order valence-electron chi connectivity index (χ2n) is 3.33. The largest absolute Gasteiger partial charge is 0.495 e. The molecule has 5 nitrogen and oxygen atoms in total. The molecule has 90 valence electrons. The van der Waals surface area contributed by atoms with E-state index < -0.39 is 6.04 Å². The van der Waals surface area contributed by atoms with E-state index in [1.54, 1.807) is 37.6 Å². The van der Waals surface area contributed by atoms with Crippen molar-refractivity contribution in [3.63, 3.8) is 0 Å². The zero-order valence-corrected chi connectivity index (χ0v) is 9.94. The average molecular weight is 254 g/mol. The molecular weight excluding hydrogens is 242 g/mol. The van der Waals surface area contributed by atoms with E-state index >= 15 is 0 Å². The Balaban J connectivity index is 2.41. The van der Waals surface area contributed by atoms with Crippen molar-refractivity contribution in [3.05, 3.63) is 47.1 Å². The lowest BCUT2D eigenvalue weighted by Gasteiger charge is -2.15. The van der Waals surface area contributed by atoms with Crippen LogP contribution >= 0.6 is 11.6 Å². The summed E-state index contributed by atoms with van der Waals surface area (Å²) in [7, 11) is 1.57. The van der Waals surface area contributed by atoms with Crippen LogP contribution in [0.1, 0.15) is 17.5 Å². The average Bonchev–Trinajstić information content (AvgIpc) is 2.77. The van der Waals surface area contributed by atoms with Gasteiger partial charge in [0.25, 0.3) is 0 Å². The number of halogens is 1. The summed E-state index contributed by atoms with van der Waals surface area (Å²) in [5, 5.41) is 0.301. The van der Waals surface area contributed by atoms with Crippen LogP contribution in [0.5, 0.6) is 5.75 Å². The predicted molar refractivity (Wildman–Crippen MR) is 63.7 cm³/mol. The van der Waals surface area contributed by atoms with Gasteiger partial charge in [0, 0.05) is 6.20 Å². The van der Waals surface area contributed by atoms with E-state index in [-0.39, 0.29) is 0 Å². The highest BCUT2D eigenvalue weighted by Gasteiger charge is 2.21. The Morgan fingerprint density at radius 2 is 2.29 bits per heavy atom. The van der Waals surface area contributed by atoms with Gasteiger partial charge in [-0.25, -0.2) is 5.43 Å². The van der Waals surface area contributed by atoms with Crippen LogP contribution in [0.2, 0.25) is 5.22 Å². The normalized spacial score (nSPS) is 12.4. The summed E-state index contributed by atoms with van der Waals surface area (Å²) >= 11 is 5.74. The first-order valence-electron chi connectivity index (χ1n) is 4.96. The third kappa shape index (κ3) is 2.41. The number of pyridine rings is 1. The molecule has 6 heteroatoms. The molecule has 0 bridgehead atoms. The minimum absolute atomic E-state index is 0.301. The zero-order valence-electron chi connectivity index (χ0n) is 9.18. The van der Waals surface area contributed by atoms with E-state index in [1.165, 1.54) is 0 Å². The van der Waals surface area contributed by atoms with Gasteiger partial charge in [-0.15, -0.1) is 0 Å². The molecule has 0 saturated heterocycles. The molecule has 0 aromatic carbocycles. The fourth-order valence-corrected chi connectivity index (χ4v) is 1.72. The number of furan rings is 1. The van der Waals surface area contributed by atoms with Crippen LogP contribution < -0.4 is 16.0 Å². The van der Waals surface area contributed by atoms with Crippen molar-refractivity contribution in [1.29, 1.82) is 0 Å². The van der Waals surface area contributed by atoms with Gasteiger partial charge in [0.15, 0.2) is 5.22 Å². The molecular formula is C11H12ClN3O2. The molecule has 0 spiro atoms. The number of aromatic nitrogens is 1. The van der Waals surface area contributed by atoms with Crippen molar-refractivity contribution in [1.82, 2.24) is 10.4 Å². The number of hydrazine groups is 1. The molecule has 2 rings (SSSR count). The fraction of sp³-hybridized carbons (Fsp3) is 0.182. The molecule has 0 aliphatic carbocycles. The van der Waals surface area contributed by atoms with E-state index in [9.17, 15) is 0 Å². The van der Waals surface area contributed by atoms with Crippen LogP contribution in [0.4, 0.5) is 0 Å². The number of nitrogens with one attached hydrogen (secondary N) is 1. The molecule has 0 saturated carbocycles. The lowest BCUT2D eigenvalue weighted by atomic mass is 10.1. The van der Waals surface area contributed by atoms with E-state index in [0.717, 1.165) is 0 Å². The minimum atomic E-state index is -0.404. The number of methoxy groups -OCH3 is 1. The molecule has 0 fully saturated rings. The lowest BCUT2D eigenvalue weighted by Crippen LogP contribution is -2.29. The van der Waals surface area contributed by atoms with E-state index in [4.69, 9.17) is 26.6 Å². The van der Waals surface area contributed by atoms with Gasteiger partial charge in [0.1, 0.15) is 23.2 Å². The number of hydrogen-bond acceptors (Lipinski definition) is 5. The highest BCUT2D eigenvalue weighted by atomic mass is 35.5. The topological polar surface area (TPSA) is 73.3 Å². The molecule has 1 unspecified atom stereocenters. The first-order valence-corrected chi connectivity index (χ1v) is 5.34. The molecule has 17 heavy (non-hydrogen) atoms. The van der Waals surface area contributed by atoms with E-state index in [1.807, 2.05) is 0 Å². The molecule has 2 heterocycles. The quantitative estimate of drug-likeness (QED) is 0.643. The molecule has 0 aliphatic heterocycles. The summed E-state index contributed by atoms with van der Waals surface area (Å²) in [6.07, 6.45) is 1.66. The standard InChI is InChI=1S/C11H12ClN3O2/c1-16-7-3-2-6-14-10(7)11(15-13)8-4-5-9(12)17-8/h2-6,11,15H,13H2,1H3. The highest BCUT2D eigenvalue weighted by Crippen LogP contribution is 2.29. The van der Waals surface area contributed by atoms with Crippen LogP contribution in [0.25, 0.3) is 0 Å². The summed E-state index contributed by atoms with van der Waals surface area (Å²) in [4.78, 5) is 4.24. The van der Waals surface area contributed by atoms with Crippen molar-refractivity contribution >= 4 is 11.6 Å². The van der Waals surface area contributed by atoms with E-state index in [0.29, 0.717) is 22.4 Å². The summed E-state index contributed by atoms with van der Waals surface area (Å²) in [6.45, 7) is 0. The Bertz CT molecular complexity index is 501. The van der Waals surface area contributed by atoms with E-state index in [2.05, 4.69) is 10.4 Å². The van der Waals surface area contributed by atoms with Crippen LogP contribution in [-0.4, -0.2) is 12.1 Å². The van der Waals surface area contributed by atoms with Gasteiger partial charge in [0.05, 0.1) is 7.11 Å². The maximum atomic E-state index is 5.74. The van der Waals surface area contributed by atoms with Crippen LogP contribution in [0.3, 0.4) is 0 Å². The van der Waals surface area contributed by atoms with Crippen LogP contribution in [0.15, 0.2) is 34.9 Å². The fourth-order valence-electron chi connectivity index (χ4n) is 1.57. The SMILES string of the molecule is COc1cccnc1C(NN)c1ccc(Cl)o1. The number of nitrogens with zero attached hydrogens (tertiary/aromatic N) is 1. The number of rotatable bonds is 4. The molecule has 0 radical (unpaired) electrons. The number of nitrogens with two attached hydrogens (primary N) is 1. The van der Waals surface area contributed by atoms with Gasteiger partial charge >= 0.3 is 0 Å². The highest BCUT2D eigenvalue weighted by molar-refractivity contribution is 6.28. The summed E-state index contributed by atoms with van der Waals surface area (Å²) in [6, 6.07) is 6.57. The van der Waals surface area contributed by atoms with Crippen molar-refractivity contribution in [2.24, 2.45) is 5.84 Å². The maximum Gasteiger partial charge on any atom is 0.193 e. The Kier molecular flexibility index (Phi) is 3.63. The van der Waals surface area contributed by atoms with Crippen molar-refractivity contribution < 1.29 is 9.15 Å². The van der Waals surface area contributed by atoms with Gasteiger partial charge in [0.2, 0.25) is 0 Å². The first kappa shape index (κ1) is 11.9. The number of hydrogen-bond donors (Lipinski definition) is 2. The Morgan fingerprint density at radius 1 is 1.47 bits per heavy atom. The number of ether oxygens (including phenoxy) is 1. The second kappa shape index (κ2) is 5.18. The van der Waals surface area contributed by atoms with Gasteiger partial charge in [-0.1, -0.05) is 0 Å². The molecule has 2 aromatic rings. The second-order valence-corrected chi connectivity index (χ2v) is 3.70. The molecule has 2 aromatic heterocycles. The Morgan fingerprint density at radius 3 is 2.88 bits per heavy atom. The van der Waals surface area contributed by atoms with Crippen molar-refractivity contribution in [2.75, 3.05) is 7.11 Å². The summed E-state index contributed by atoms with van der Waals surface area (Å²) < 4.78 is 10.5. The third-order valence-electron chi connectivity index (χ3n) is 2.34. The molecule has 0 aliphatic rings. The maximum absolute atomic E-state index is 5.74. The summed E-state index contributed by atoms with van der Waals surface area (Å²) in [5.41, 5.74) is 3.27. The third-order valence-corrected chi connectivity index (χ3v) is 2.54. The van der Waals surface area contributed by atoms with Crippen molar-refractivity contribution in [2.45, 2.75) is 6.04 Å². The molecule has 0 amide bonds. The Labute approximate surface area is 104 Å². The van der Waals surface area contributed by atoms with Gasteiger partial charge in [-0.3, -0.25) is 10.8 Å². The first-order chi connectivity index (χ1) is 8.26. The molecule has 3 N–H and O–H groups in total. The zero-order chi connectivity index (χ0) is 12.3.